The number of nitrogens with one attached hydrogen (secondary N) is 2. The van der Waals surface area contributed by atoms with Gasteiger partial charge in [-0.15, -0.1) is 0 Å². The van der Waals surface area contributed by atoms with Gasteiger partial charge in [0, 0.05) is 5.56 Å². The van der Waals surface area contributed by atoms with Crippen molar-refractivity contribution < 1.29 is 18.3 Å². The largest absolute Gasteiger partial charge is 0.497 e. The number of ether oxygens (including phenoxy) is 1. The van der Waals surface area contributed by atoms with Crippen molar-refractivity contribution in [1.29, 1.82) is 0 Å². The van der Waals surface area contributed by atoms with E-state index in [-0.39, 0.29) is 6.54 Å². The molecule has 2 amide bonds. The number of rotatable bonds is 3. The molecule has 0 saturated heterocycles. The summed E-state index contributed by atoms with van der Waals surface area (Å²) in [5, 5.41) is 4.50. The molecule has 0 bridgehead atoms. The van der Waals surface area contributed by atoms with Crippen LogP contribution in [-0.2, 0) is 0 Å². The van der Waals surface area contributed by atoms with Crippen molar-refractivity contribution in [2.45, 2.75) is 0 Å². The number of methoxy groups -OCH3 is 1. The Hall–Kier alpha value is -3.07. The summed E-state index contributed by atoms with van der Waals surface area (Å²) in [6, 6.07) is 9.69. The van der Waals surface area contributed by atoms with Gasteiger partial charge in [-0.2, -0.15) is 0 Å². The molecule has 6 heteroatoms. The summed E-state index contributed by atoms with van der Waals surface area (Å²) in [5.41, 5.74) is 0.265. The minimum atomic E-state index is -0.843. The van der Waals surface area contributed by atoms with Crippen LogP contribution in [0.2, 0.25) is 0 Å². The third-order valence-electron chi connectivity index (χ3n) is 2.86. The zero-order valence-electron chi connectivity index (χ0n) is 12.3. The average molecular weight is 316 g/mol. The van der Waals surface area contributed by atoms with Crippen molar-refractivity contribution in [3.8, 4) is 17.6 Å². The topological polar surface area (TPSA) is 50.4 Å². The van der Waals surface area contributed by atoms with E-state index in [4.69, 9.17) is 4.74 Å². The molecule has 0 aliphatic rings. The van der Waals surface area contributed by atoms with Gasteiger partial charge in [-0.1, -0.05) is 17.9 Å². The Kier molecular flexibility index (Phi) is 5.53. The van der Waals surface area contributed by atoms with Crippen molar-refractivity contribution in [3.63, 3.8) is 0 Å². The van der Waals surface area contributed by atoms with E-state index >= 15 is 0 Å². The summed E-state index contributed by atoms with van der Waals surface area (Å²) in [6.07, 6.45) is 0. The highest BCUT2D eigenvalue weighted by molar-refractivity contribution is 5.89. The van der Waals surface area contributed by atoms with Gasteiger partial charge in [-0.3, -0.25) is 0 Å². The van der Waals surface area contributed by atoms with E-state index in [9.17, 15) is 13.6 Å². The summed E-state index contributed by atoms with van der Waals surface area (Å²) in [6.45, 7) is 0.0356. The van der Waals surface area contributed by atoms with Gasteiger partial charge in [0.2, 0.25) is 0 Å². The summed E-state index contributed by atoms with van der Waals surface area (Å²) >= 11 is 0. The van der Waals surface area contributed by atoms with E-state index in [1.54, 1.807) is 31.4 Å². The second-order valence-corrected chi connectivity index (χ2v) is 4.43. The molecule has 0 saturated carbocycles. The van der Waals surface area contributed by atoms with E-state index in [1.807, 2.05) is 0 Å². The second kappa shape index (κ2) is 7.80. The predicted octanol–water partition coefficient (Wildman–Crippen LogP) is 3.15. The highest BCUT2D eigenvalue weighted by Crippen LogP contribution is 2.17. The fourth-order valence-corrected chi connectivity index (χ4v) is 1.72. The summed E-state index contributed by atoms with van der Waals surface area (Å²) in [4.78, 5) is 11.6. The summed E-state index contributed by atoms with van der Waals surface area (Å²) in [7, 11) is 1.57. The number of hydrogen-bond acceptors (Lipinski definition) is 2. The zero-order chi connectivity index (χ0) is 16.7. The van der Waals surface area contributed by atoms with Crippen molar-refractivity contribution in [1.82, 2.24) is 5.32 Å². The van der Waals surface area contributed by atoms with Gasteiger partial charge in [0.25, 0.3) is 0 Å². The maximum absolute atomic E-state index is 13.4. The molecule has 0 spiro atoms. The van der Waals surface area contributed by atoms with Crippen molar-refractivity contribution >= 4 is 11.7 Å². The Morgan fingerprint density at radius 3 is 2.39 bits per heavy atom. The first-order valence-electron chi connectivity index (χ1n) is 6.72. The first-order valence-corrected chi connectivity index (χ1v) is 6.72. The van der Waals surface area contributed by atoms with E-state index in [0.717, 1.165) is 23.4 Å². The van der Waals surface area contributed by atoms with Gasteiger partial charge in [0.1, 0.15) is 23.1 Å². The molecule has 2 rings (SSSR count). The zero-order valence-corrected chi connectivity index (χ0v) is 12.3. The Balaban J connectivity index is 1.86. The molecule has 0 aromatic heterocycles. The first-order chi connectivity index (χ1) is 11.1. The quantitative estimate of drug-likeness (QED) is 0.855. The van der Waals surface area contributed by atoms with Crippen LogP contribution in [0.25, 0.3) is 0 Å². The van der Waals surface area contributed by atoms with E-state index in [2.05, 4.69) is 22.5 Å². The molecule has 0 unspecified atom stereocenters. The number of halogens is 2. The molecule has 2 N–H and O–H groups in total. The molecule has 2 aromatic carbocycles. The van der Waals surface area contributed by atoms with Crippen LogP contribution in [0, 0.1) is 23.5 Å². The van der Waals surface area contributed by atoms with Crippen LogP contribution in [0.4, 0.5) is 19.3 Å². The number of para-hydroxylation sites is 1. The van der Waals surface area contributed by atoms with E-state index in [0.29, 0.717) is 0 Å². The van der Waals surface area contributed by atoms with Gasteiger partial charge in [0.05, 0.1) is 13.7 Å². The number of hydrogen-bond donors (Lipinski definition) is 2. The van der Waals surface area contributed by atoms with Gasteiger partial charge in [0.15, 0.2) is 0 Å². The fraction of sp³-hybridized carbons (Fsp3) is 0.118. The predicted molar refractivity (Wildman–Crippen MR) is 83.3 cm³/mol. The van der Waals surface area contributed by atoms with Crippen LogP contribution in [0.1, 0.15) is 5.56 Å². The molecule has 0 fully saturated rings. The number of carbonyl (C=O) groups excluding carboxylic acids is 1. The van der Waals surface area contributed by atoms with Gasteiger partial charge in [-0.25, -0.2) is 13.6 Å². The second-order valence-electron chi connectivity index (χ2n) is 4.43. The lowest BCUT2D eigenvalue weighted by Gasteiger charge is -2.07. The lowest BCUT2D eigenvalue weighted by atomic mass is 10.2. The molecular weight excluding hydrogens is 302 g/mol. The maximum Gasteiger partial charge on any atom is 0.320 e. The molecule has 0 aliphatic carbocycles. The van der Waals surface area contributed by atoms with Crippen LogP contribution in [0.5, 0.6) is 5.75 Å². The Morgan fingerprint density at radius 1 is 1.13 bits per heavy atom. The fourth-order valence-electron chi connectivity index (χ4n) is 1.72. The van der Waals surface area contributed by atoms with Crippen LogP contribution >= 0.6 is 0 Å². The Bertz CT molecular complexity index is 729. The normalized spacial score (nSPS) is 9.52. The molecule has 23 heavy (non-hydrogen) atoms. The Morgan fingerprint density at radius 2 is 1.78 bits per heavy atom. The third kappa shape index (κ3) is 4.71. The number of urea groups is 1. The summed E-state index contributed by atoms with van der Waals surface area (Å²) in [5.74, 6) is 4.61. The molecular formula is C17H14F2N2O2. The van der Waals surface area contributed by atoms with E-state index in [1.165, 1.54) is 6.07 Å². The SMILES string of the molecule is COc1ccc(C#CCNC(=O)Nc2c(F)cccc2F)cc1. The number of carbonyl (C=O) groups is 1. The molecule has 0 atom stereocenters. The van der Waals surface area contributed by atoms with Crippen molar-refractivity contribution in [3.05, 3.63) is 59.7 Å². The minimum Gasteiger partial charge on any atom is -0.497 e. The number of anilines is 1. The third-order valence-corrected chi connectivity index (χ3v) is 2.86. The lowest BCUT2D eigenvalue weighted by molar-refractivity contribution is 0.253. The van der Waals surface area contributed by atoms with Gasteiger partial charge < -0.3 is 15.4 Å². The standard InChI is InChI=1S/C17H14F2N2O2/c1-23-13-9-7-12(8-10-13)4-3-11-20-17(22)21-16-14(18)5-2-6-15(16)19/h2,5-10H,11H2,1H3,(H2,20,21,22). The number of amides is 2. The van der Waals surface area contributed by atoms with Crippen molar-refractivity contribution in [2.75, 3.05) is 19.0 Å². The lowest BCUT2D eigenvalue weighted by Crippen LogP contribution is -2.29. The van der Waals surface area contributed by atoms with Crippen LogP contribution in [-0.4, -0.2) is 19.7 Å². The van der Waals surface area contributed by atoms with Crippen molar-refractivity contribution in [2.24, 2.45) is 0 Å². The molecule has 4 nitrogen and oxygen atoms in total. The minimum absolute atomic E-state index is 0.0356. The average Bonchev–Trinajstić information content (AvgIpc) is 2.56. The first kappa shape index (κ1) is 16.3. The van der Waals surface area contributed by atoms with Gasteiger partial charge in [-0.05, 0) is 36.4 Å². The molecule has 118 valence electrons. The van der Waals surface area contributed by atoms with Gasteiger partial charge >= 0.3 is 6.03 Å². The highest BCUT2D eigenvalue weighted by atomic mass is 19.1. The molecule has 2 aromatic rings. The number of benzene rings is 2. The van der Waals surface area contributed by atoms with Crippen LogP contribution < -0.4 is 15.4 Å². The van der Waals surface area contributed by atoms with Crippen LogP contribution in [0.3, 0.4) is 0 Å². The van der Waals surface area contributed by atoms with E-state index < -0.39 is 23.4 Å². The smallest absolute Gasteiger partial charge is 0.320 e. The molecule has 0 heterocycles. The highest BCUT2D eigenvalue weighted by Gasteiger charge is 2.10. The summed E-state index contributed by atoms with van der Waals surface area (Å²) < 4.78 is 31.8. The molecule has 0 radical (unpaired) electrons. The monoisotopic (exact) mass is 316 g/mol. The maximum atomic E-state index is 13.4. The molecule has 0 aliphatic heterocycles. The Labute approximate surface area is 132 Å². The van der Waals surface area contributed by atoms with Crippen LogP contribution in [0.15, 0.2) is 42.5 Å².